The third-order valence-electron chi connectivity index (χ3n) is 4.27. The topological polar surface area (TPSA) is 113 Å². The van der Waals surface area contributed by atoms with Gasteiger partial charge >= 0.3 is 5.97 Å². The second-order valence-electron chi connectivity index (χ2n) is 6.49. The Kier molecular flexibility index (Phi) is 5.10. The van der Waals surface area contributed by atoms with Crippen LogP contribution in [-0.4, -0.2) is 56.0 Å². The van der Waals surface area contributed by atoms with E-state index in [4.69, 9.17) is 4.74 Å². The lowest BCUT2D eigenvalue weighted by molar-refractivity contribution is -0.147. The predicted octanol–water partition coefficient (Wildman–Crippen LogP) is 1.07. The zero-order valence-corrected chi connectivity index (χ0v) is 15.4. The molecule has 0 radical (unpaired) electrons. The van der Waals surface area contributed by atoms with Crippen molar-refractivity contribution in [3.05, 3.63) is 23.8 Å². The highest BCUT2D eigenvalue weighted by Gasteiger charge is 2.36. The summed E-state index contributed by atoms with van der Waals surface area (Å²) in [5.74, 6) is -1.65. The van der Waals surface area contributed by atoms with Crippen LogP contribution >= 0.6 is 0 Å². The molecule has 9 heteroatoms. The molecule has 0 aliphatic heterocycles. The van der Waals surface area contributed by atoms with Gasteiger partial charge in [-0.05, 0) is 44.9 Å². The number of nitrogens with zero attached hydrogens (tertiary/aromatic N) is 1. The zero-order chi connectivity index (χ0) is 19.0. The molecular formula is C16H22N2O6S. The zero-order valence-electron chi connectivity index (χ0n) is 14.6. The molecule has 1 aromatic rings. The molecule has 1 aliphatic carbocycles. The van der Waals surface area contributed by atoms with E-state index in [1.165, 1.54) is 46.2 Å². The molecule has 138 valence electrons. The Labute approximate surface area is 146 Å². The van der Waals surface area contributed by atoms with Crippen LogP contribution in [0.4, 0.5) is 0 Å². The second-order valence-corrected chi connectivity index (χ2v) is 8.17. The first kappa shape index (κ1) is 19.2. The number of carboxylic acid groups (broad SMARTS) is 1. The van der Waals surface area contributed by atoms with Crippen molar-refractivity contribution >= 4 is 21.9 Å². The number of methoxy groups -OCH3 is 1. The molecule has 0 saturated heterocycles. The first-order valence-electron chi connectivity index (χ1n) is 7.72. The van der Waals surface area contributed by atoms with Crippen molar-refractivity contribution in [1.82, 2.24) is 9.62 Å². The number of nitrogens with one attached hydrogen (secondary N) is 1. The van der Waals surface area contributed by atoms with Crippen molar-refractivity contribution < 1.29 is 27.9 Å². The van der Waals surface area contributed by atoms with E-state index in [2.05, 4.69) is 4.72 Å². The largest absolute Gasteiger partial charge is 0.495 e. The van der Waals surface area contributed by atoms with Gasteiger partial charge < -0.3 is 14.7 Å². The normalized spacial score (nSPS) is 14.9. The summed E-state index contributed by atoms with van der Waals surface area (Å²) in [6.07, 6.45) is 1.55. The quantitative estimate of drug-likeness (QED) is 0.742. The highest BCUT2D eigenvalue weighted by molar-refractivity contribution is 7.89. The van der Waals surface area contributed by atoms with Crippen LogP contribution in [0.3, 0.4) is 0 Å². The van der Waals surface area contributed by atoms with Crippen LogP contribution in [-0.2, 0) is 14.8 Å². The molecule has 0 spiro atoms. The number of carboxylic acids is 1. The number of likely N-dealkylation sites (N-methyl/N-ethyl adjacent to an activating group) is 1. The summed E-state index contributed by atoms with van der Waals surface area (Å²) in [6, 6.07) is 3.91. The van der Waals surface area contributed by atoms with Gasteiger partial charge in [-0.3, -0.25) is 4.79 Å². The van der Waals surface area contributed by atoms with E-state index in [0.29, 0.717) is 0 Å². The molecule has 0 atom stereocenters. The molecule has 1 fully saturated rings. The van der Waals surface area contributed by atoms with E-state index >= 15 is 0 Å². The lowest BCUT2D eigenvalue weighted by atomic mass is 10.0. The lowest BCUT2D eigenvalue weighted by Gasteiger charge is -2.31. The molecule has 2 rings (SSSR count). The number of benzene rings is 1. The van der Waals surface area contributed by atoms with Crippen LogP contribution in [0.5, 0.6) is 5.75 Å². The molecule has 1 saturated carbocycles. The van der Waals surface area contributed by atoms with Gasteiger partial charge in [0.05, 0.1) is 7.11 Å². The summed E-state index contributed by atoms with van der Waals surface area (Å²) in [6.45, 7) is 2.78. The SMILES string of the molecule is COc1ccc(C(=O)N(C)C(C)(C)C(=O)O)cc1S(=O)(=O)NC1CC1. The van der Waals surface area contributed by atoms with Gasteiger partial charge in [-0.1, -0.05) is 0 Å². The van der Waals surface area contributed by atoms with Crippen molar-refractivity contribution in [3.63, 3.8) is 0 Å². The number of hydrogen-bond acceptors (Lipinski definition) is 5. The molecule has 1 aromatic carbocycles. The molecule has 25 heavy (non-hydrogen) atoms. The Bertz CT molecular complexity index is 799. The highest BCUT2D eigenvalue weighted by atomic mass is 32.2. The number of amides is 1. The fourth-order valence-electron chi connectivity index (χ4n) is 2.09. The lowest BCUT2D eigenvalue weighted by Crippen LogP contribution is -2.50. The van der Waals surface area contributed by atoms with Crippen LogP contribution in [0.15, 0.2) is 23.1 Å². The van der Waals surface area contributed by atoms with Crippen LogP contribution in [0.25, 0.3) is 0 Å². The number of hydrogen-bond donors (Lipinski definition) is 2. The van der Waals surface area contributed by atoms with E-state index in [1.54, 1.807) is 0 Å². The number of carbonyl (C=O) groups is 2. The van der Waals surface area contributed by atoms with Gasteiger partial charge in [0, 0.05) is 18.7 Å². The minimum absolute atomic E-state index is 0.0637. The standard InChI is InChI=1S/C16H22N2O6S/c1-16(2,15(20)21)18(3)14(19)10-5-8-12(24-4)13(9-10)25(22,23)17-11-6-7-11/h5,8-9,11,17H,6-7H2,1-4H3,(H,20,21). The van der Waals surface area contributed by atoms with Crippen molar-refractivity contribution in [2.45, 2.75) is 43.2 Å². The van der Waals surface area contributed by atoms with Gasteiger partial charge in [0.25, 0.3) is 5.91 Å². The summed E-state index contributed by atoms with van der Waals surface area (Å²) in [5.41, 5.74) is -1.38. The number of carbonyl (C=O) groups excluding carboxylic acids is 1. The smallest absolute Gasteiger partial charge is 0.329 e. The fraction of sp³-hybridized carbons (Fsp3) is 0.500. The van der Waals surface area contributed by atoms with Crippen LogP contribution in [0, 0.1) is 0 Å². The van der Waals surface area contributed by atoms with Crippen LogP contribution < -0.4 is 9.46 Å². The van der Waals surface area contributed by atoms with Crippen LogP contribution in [0.2, 0.25) is 0 Å². The van der Waals surface area contributed by atoms with Gasteiger partial charge in [0.1, 0.15) is 16.2 Å². The van der Waals surface area contributed by atoms with Gasteiger partial charge in [-0.25, -0.2) is 17.9 Å². The predicted molar refractivity (Wildman–Crippen MR) is 90.1 cm³/mol. The third kappa shape index (κ3) is 3.93. The Morgan fingerprint density at radius 2 is 1.92 bits per heavy atom. The Balaban J connectivity index is 2.41. The summed E-state index contributed by atoms with van der Waals surface area (Å²) in [5, 5.41) is 9.26. The first-order chi connectivity index (χ1) is 11.5. The van der Waals surface area contributed by atoms with Crippen molar-refractivity contribution in [1.29, 1.82) is 0 Å². The van der Waals surface area contributed by atoms with Gasteiger partial charge in [-0.2, -0.15) is 0 Å². The molecular weight excluding hydrogens is 348 g/mol. The fourth-order valence-corrected chi connectivity index (χ4v) is 3.59. The Hall–Kier alpha value is -2.13. The molecule has 0 bridgehead atoms. The number of aliphatic carboxylic acids is 1. The molecule has 0 aromatic heterocycles. The summed E-state index contributed by atoms with van der Waals surface area (Å²) < 4.78 is 32.6. The second kappa shape index (κ2) is 6.64. The third-order valence-corrected chi connectivity index (χ3v) is 5.81. The molecule has 1 amide bonds. The molecule has 2 N–H and O–H groups in total. The van der Waals surface area contributed by atoms with Crippen LogP contribution in [0.1, 0.15) is 37.0 Å². The molecule has 8 nitrogen and oxygen atoms in total. The van der Waals surface area contributed by atoms with Crippen molar-refractivity contribution in [2.24, 2.45) is 0 Å². The summed E-state index contributed by atoms with van der Waals surface area (Å²) >= 11 is 0. The maximum Gasteiger partial charge on any atom is 0.329 e. The minimum Gasteiger partial charge on any atom is -0.495 e. The van der Waals surface area contributed by atoms with Crippen molar-refractivity contribution in [2.75, 3.05) is 14.2 Å². The summed E-state index contributed by atoms with van der Waals surface area (Å²) in [7, 11) is -1.14. The number of ether oxygens (including phenoxy) is 1. The maximum atomic E-state index is 12.6. The van der Waals surface area contributed by atoms with Gasteiger partial charge in [0.2, 0.25) is 10.0 Å². The van der Waals surface area contributed by atoms with Crippen molar-refractivity contribution in [3.8, 4) is 5.75 Å². The molecule has 0 unspecified atom stereocenters. The summed E-state index contributed by atoms with van der Waals surface area (Å²) in [4.78, 5) is 24.9. The molecule has 0 heterocycles. The van der Waals surface area contributed by atoms with Gasteiger partial charge in [-0.15, -0.1) is 0 Å². The van der Waals surface area contributed by atoms with Gasteiger partial charge in [0.15, 0.2) is 0 Å². The maximum absolute atomic E-state index is 12.6. The van der Waals surface area contributed by atoms with E-state index < -0.39 is 27.4 Å². The average molecular weight is 370 g/mol. The Morgan fingerprint density at radius 3 is 2.40 bits per heavy atom. The highest BCUT2D eigenvalue weighted by Crippen LogP contribution is 2.29. The average Bonchev–Trinajstić information content (AvgIpc) is 3.35. The number of rotatable bonds is 7. The van der Waals surface area contributed by atoms with E-state index in [0.717, 1.165) is 17.7 Å². The van der Waals surface area contributed by atoms with E-state index in [9.17, 15) is 23.1 Å². The van der Waals surface area contributed by atoms with E-state index in [-0.39, 0.29) is 22.3 Å². The monoisotopic (exact) mass is 370 g/mol. The molecule has 1 aliphatic rings. The Morgan fingerprint density at radius 1 is 1.32 bits per heavy atom. The van der Waals surface area contributed by atoms with E-state index in [1.807, 2.05) is 0 Å². The minimum atomic E-state index is -3.84. The first-order valence-corrected chi connectivity index (χ1v) is 9.21. The number of sulfonamides is 1.